The minimum absolute atomic E-state index is 0.000567. The molecule has 5 nitrogen and oxygen atoms in total. The summed E-state index contributed by atoms with van der Waals surface area (Å²) in [5.41, 5.74) is 5.52. The molecule has 6 heteroatoms. The molecule has 0 spiro atoms. The van der Waals surface area contributed by atoms with E-state index >= 15 is 0 Å². The van der Waals surface area contributed by atoms with Crippen molar-refractivity contribution in [3.63, 3.8) is 0 Å². The highest BCUT2D eigenvalue weighted by molar-refractivity contribution is 6.30. The van der Waals surface area contributed by atoms with Crippen molar-refractivity contribution in [2.24, 2.45) is 0 Å². The average molecular weight is 398 g/mol. The first kappa shape index (κ1) is 20.0. The summed E-state index contributed by atoms with van der Waals surface area (Å²) in [6.07, 6.45) is 3.66. The SMILES string of the molecule is CCCc1c(NCc2c[nH]nc2-c2ccc(Cl)cc2)ccc(C(C)=O)c1OC. The molecule has 2 N–H and O–H groups in total. The zero-order valence-electron chi connectivity index (χ0n) is 16.3. The van der Waals surface area contributed by atoms with Gasteiger partial charge in [-0.1, -0.05) is 37.1 Å². The quantitative estimate of drug-likeness (QED) is 0.492. The summed E-state index contributed by atoms with van der Waals surface area (Å²) in [5, 5.41) is 11.5. The van der Waals surface area contributed by atoms with Crippen LogP contribution in [0.25, 0.3) is 11.3 Å². The van der Waals surface area contributed by atoms with Gasteiger partial charge in [0.15, 0.2) is 5.78 Å². The normalized spacial score (nSPS) is 10.7. The van der Waals surface area contributed by atoms with Crippen LogP contribution in [0.15, 0.2) is 42.6 Å². The van der Waals surface area contributed by atoms with E-state index in [1.165, 1.54) is 0 Å². The second kappa shape index (κ2) is 8.93. The highest BCUT2D eigenvalue weighted by atomic mass is 35.5. The summed E-state index contributed by atoms with van der Waals surface area (Å²) in [7, 11) is 1.61. The van der Waals surface area contributed by atoms with Gasteiger partial charge in [-0.3, -0.25) is 9.89 Å². The Morgan fingerprint density at radius 3 is 2.61 bits per heavy atom. The van der Waals surface area contributed by atoms with Crippen molar-refractivity contribution in [3.8, 4) is 17.0 Å². The largest absolute Gasteiger partial charge is 0.496 e. The third kappa shape index (κ3) is 4.20. The number of aromatic nitrogens is 2. The highest BCUT2D eigenvalue weighted by Crippen LogP contribution is 2.33. The first-order chi connectivity index (χ1) is 13.5. The number of nitrogens with zero attached hydrogens (tertiary/aromatic N) is 1. The maximum absolute atomic E-state index is 11.9. The van der Waals surface area contributed by atoms with Crippen molar-refractivity contribution < 1.29 is 9.53 Å². The molecule has 0 amide bonds. The Morgan fingerprint density at radius 2 is 1.96 bits per heavy atom. The van der Waals surface area contributed by atoms with Crippen molar-refractivity contribution in [3.05, 3.63) is 64.3 Å². The second-order valence-corrected chi connectivity index (χ2v) is 7.03. The van der Waals surface area contributed by atoms with E-state index in [2.05, 4.69) is 22.4 Å². The van der Waals surface area contributed by atoms with E-state index in [1.54, 1.807) is 14.0 Å². The van der Waals surface area contributed by atoms with Gasteiger partial charge in [-0.2, -0.15) is 5.10 Å². The number of benzene rings is 2. The Morgan fingerprint density at radius 1 is 1.21 bits per heavy atom. The molecule has 0 bridgehead atoms. The van der Waals surface area contributed by atoms with Crippen LogP contribution in [0.2, 0.25) is 5.02 Å². The van der Waals surface area contributed by atoms with Crippen LogP contribution in [0.5, 0.6) is 5.75 Å². The van der Waals surface area contributed by atoms with E-state index in [1.807, 2.05) is 42.6 Å². The number of hydrogen-bond donors (Lipinski definition) is 2. The Hall–Kier alpha value is -2.79. The number of aromatic amines is 1. The maximum Gasteiger partial charge on any atom is 0.163 e. The lowest BCUT2D eigenvalue weighted by Gasteiger charge is -2.17. The van der Waals surface area contributed by atoms with Gasteiger partial charge in [0.25, 0.3) is 0 Å². The van der Waals surface area contributed by atoms with Crippen LogP contribution in [0.4, 0.5) is 5.69 Å². The van der Waals surface area contributed by atoms with E-state index in [9.17, 15) is 4.79 Å². The van der Waals surface area contributed by atoms with Crippen LogP contribution in [-0.2, 0) is 13.0 Å². The predicted molar refractivity (Wildman–Crippen MR) is 113 cm³/mol. The Kier molecular flexibility index (Phi) is 6.37. The minimum Gasteiger partial charge on any atom is -0.496 e. The zero-order chi connectivity index (χ0) is 20.1. The van der Waals surface area contributed by atoms with Crippen molar-refractivity contribution in [1.82, 2.24) is 10.2 Å². The average Bonchev–Trinajstić information content (AvgIpc) is 3.15. The molecule has 0 radical (unpaired) electrons. The monoisotopic (exact) mass is 397 g/mol. The lowest BCUT2D eigenvalue weighted by molar-refractivity contribution is 0.101. The van der Waals surface area contributed by atoms with E-state index in [0.29, 0.717) is 22.9 Å². The van der Waals surface area contributed by atoms with Gasteiger partial charge < -0.3 is 10.1 Å². The van der Waals surface area contributed by atoms with Gasteiger partial charge >= 0.3 is 0 Å². The molecule has 0 aliphatic carbocycles. The number of anilines is 1. The number of halogens is 1. The molecule has 146 valence electrons. The molecule has 3 rings (SSSR count). The van der Waals surface area contributed by atoms with Crippen molar-refractivity contribution >= 4 is 23.1 Å². The van der Waals surface area contributed by atoms with Gasteiger partial charge in [-0.15, -0.1) is 0 Å². The summed E-state index contributed by atoms with van der Waals surface area (Å²) in [5.74, 6) is 0.657. The fraction of sp³-hybridized carbons (Fsp3) is 0.273. The Balaban J connectivity index is 1.88. The maximum atomic E-state index is 11.9. The van der Waals surface area contributed by atoms with Crippen molar-refractivity contribution in [2.75, 3.05) is 12.4 Å². The minimum atomic E-state index is 0.000567. The summed E-state index contributed by atoms with van der Waals surface area (Å²) in [6, 6.07) is 11.4. The molecule has 0 saturated carbocycles. The van der Waals surface area contributed by atoms with Gasteiger partial charge in [-0.25, -0.2) is 0 Å². The molecular formula is C22H24ClN3O2. The standard InChI is InChI=1S/C22H24ClN3O2/c1-4-5-19-20(11-10-18(14(2)27)22(19)28-3)24-12-16-13-25-26-21(16)15-6-8-17(23)9-7-15/h6-11,13,24H,4-5,12H2,1-3H3,(H,25,26). The molecule has 28 heavy (non-hydrogen) atoms. The predicted octanol–water partition coefficient (Wildman–Crippen LogP) is 5.51. The first-order valence-corrected chi connectivity index (χ1v) is 9.66. The van der Waals surface area contributed by atoms with Gasteiger partial charge in [0.1, 0.15) is 5.75 Å². The molecular weight excluding hydrogens is 374 g/mol. The van der Waals surface area contributed by atoms with Crippen LogP contribution in [0.3, 0.4) is 0 Å². The number of methoxy groups -OCH3 is 1. The molecule has 1 aromatic heterocycles. The lowest BCUT2D eigenvalue weighted by atomic mass is 10.00. The molecule has 0 fully saturated rings. The van der Waals surface area contributed by atoms with E-state index in [-0.39, 0.29) is 5.78 Å². The smallest absolute Gasteiger partial charge is 0.163 e. The van der Waals surface area contributed by atoms with Crippen LogP contribution in [-0.4, -0.2) is 23.1 Å². The molecule has 0 atom stereocenters. The number of hydrogen-bond acceptors (Lipinski definition) is 4. The first-order valence-electron chi connectivity index (χ1n) is 9.28. The molecule has 0 aliphatic rings. The number of H-pyrrole nitrogens is 1. The number of rotatable bonds is 8. The summed E-state index contributed by atoms with van der Waals surface area (Å²) >= 11 is 5.99. The fourth-order valence-electron chi connectivity index (χ4n) is 3.30. The highest BCUT2D eigenvalue weighted by Gasteiger charge is 2.17. The van der Waals surface area contributed by atoms with Gasteiger partial charge in [0.05, 0.1) is 18.4 Å². The van der Waals surface area contributed by atoms with Crippen LogP contribution >= 0.6 is 11.6 Å². The van der Waals surface area contributed by atoms with Crippen LogP contribution < -0.4 is 10.1 Å². The summed E-state index contributed by atoms with van der Waals surface area (Å²) in [4.78, 5) is 11.9. The van der Waals surface area contributed by atoms with E-state index in [0.717, 1.165) is 40.9 Å². The number of Topliss-reactive ketones (excluding diaryl/α,β-unsaturated/α-hetero) is 1. The number of ketones is 1. The van der Waals surface area contributed by atoms with E-state index in [4.69, 9.17) is 16.3 Å². The third-order valence-corrected chi connectivity index (χ3v) is 4.90. The molecule has 3 aromatic rings. The third-order valence-electron chi connectivity index (χ3n) is 4.65. The van der Waals surface area contributed by atoms with Crippen molar-refractivity contribution in [1.29, 1.82) is 0 Å². The van der Waals surface area contributed by atoms with E-state index < -0.39 is 0 Å². The molecule has 0 unspecified atom stereocenters. The summed E-state index contributed by atoms with van der Waals surface area (Å²) < 4.78 is 5.58. The van der Waals surface area contributed by atoms with Crippen LogP contribution in [0, 0.1) is 0 Å². The lowest BCUT2D eigenvalue weighted by Crippen LogP contribution is -2.07. The van der Waals surface area contributed by atoms with Gasteiger partial charge in [0.2, 0.25) is 0 Å². The van der Waals surface area contributed by atoms with Crippen molar-refractivity contribution in [2.45, 2.75) is 33.2 Å². The number of ether oxygens (including phenoxy) is 1. The zero-order valence-corrected chi connectivity index (χ0v) is 17.1. The molecule has 1 heterocycles. The molecule has 0 aliphatic heterocycles. The molecule has 0 saturated heterocycles. The second-order valence-electron chi connectivity index (χ2n) is 6.60. The fourth-order valence-corrected chi connectivity index (χ4v) is 3.43. The number of carbonyl (C=O) groups is 1. The molecule has 2 aromatic carbocycles. The number of nitrogens with one attached hydrogen (secondary N) is 2. The number of carbonyl (C=O) groups excluding carboxylic acids is 1. The van der Waals surface area contributed by atoms with Gasteiger partial charge in [0, 0.05) is 40.1 Å². The topological polar surface area (TPSA) is 67.0 Å². The van der Waals surface area contributed by atoms with Gasteiger partial charge in [-0.05, 0) is 37.6 Å². The Labute approximate surface area is 170 Å². The van der Waals surface area contributed by atoms with Crippen LogP contribution in [0.1, 0.15) is 41.8 Å². The summed E-state index contributed by atoms with van der Waals surface area (Å²) in [6.45, 7) is 4.26. The Bertz CT molecular complexity index is 964.